The maximum atomic E-state index is 11.5. The second-order valence-electron chi connectivity index (χ2n) is 5.32. The first kappa shape index (κ1) is 11.6. The van der Waals surface area contributed by atoms with Crippen molar-refractivity contribution in [2.75, 3.05) is 0 Å². The molecule has 1 aliphatic heterocycles. The van der Waals surface area contributed by atoms with Crippen LogP contribution in [0.3, 0.4) is 0 Å². The Bertz CT molecular complexity index is 493. The van der Waals surface area contributed by atoms with Crippen molar-refractivity contribution in [3.05, 3.63) is 23.3 Å². The highest BCUT2D eigenvalue weighted by Gasteiger charge is 2.40. The van der Waals surface area contributed by atoms with E-state index in [-0.39, 0.29) is 6.10 Å². The van der Waals surface area contributed by atoms with Crippen molar-refractivity contribution in [3.8, 4) is 11.5 Å². The standard InChI is InChI=1S/C15H18O3/c1-2-3-9-6-11(17)7-13-12-5-4-10(16)8-14(12)18-15(9)13/h6-7,12,14,17H,2-5,8H2,1H3/t12-,14-/m0/s1. The van der Waals surface area contributed by atoms with E-state index in [1.54, 1.807) is 6.07 Å². The third-order valence-corrected chi connectivity index (χ3v) is 3.98. The molecule has 2 atom stereocenters. The minimum absolute atomic E-state index is 0.00124. The number of carbonyl (C=O) groups excluding carboxylic acids is 1. The van der Waals surface area contributed by atoms with Crippen molar-refractivity contribution in [1.29, 1.82) is 0 Å². The van der Waals surface area contributed by atoms with Gasteiger partial charge in [-0.15, -0.1) is 0 Å². The fourth-order valence-corrected chi connectivity index (χ4v) is 3.17. The van der Waals surface area contributed by atoms with Gasteiger partial charge in [0.05, 0.1) is 0 Å². The second-order valence-corrected chi connectivity index (χ2v) is 5.32. The fraction of sp³-hybridized carbons (Fsp3) is 0.533. The molecule has 3 nitrogen and oxygen atoms in total. The SMILES string of the molecule is CCCc1cc(O)cc2c1O[C@H]1CC(=O)CC[C@@H]21. The normalized spacial score (nSPS) is 25.5. The van der Waals surface area contributed by atoms with Crippen LogP contribution >= 0.6 is 0 Å². The average molecular weight is 246 g/mol. The van der Waals surface area contributed by atoms with E-state index < -0.39 is 0 Å². The van der Waals surface area contributed by atoms with E-state index in [0.717, 1.165) is 36.1 Å². The lowest BCUT2D eigenvalue weighted by Crippen LogP contribution is -2.27. The zero-order chi connectivity index (χ0) is 12.7. The number of hydrogen-bond acceptors (Lipinski definition) is 3. The molecule has 0 spiro atoms. The highest BCUT2D eigenvalue weighted by Crippen LogP contribution is 2.48. The summed E-state index contributed by atoms with van der Waals surface area (Å²) in [6, 6.07) is 3.61. The molecule has 0 unspecified atom stereocenters. The van der Waals surface area contributed by atoms with Gasteiger partial charge in [0.25, 0.3) is 0 Å². The Hall–Kier alpha value is -1.51. The van der Waals surface area contributed by atoms with Crippen LogP contribution in [0.25, 0.3) is 0 Å². The minimum atomic E-state index is -0.00124. The number of carbonyl (C=O) groups is 1. The first-order valence-corrected chi connectivity index (χ1v) is 6.73. The summed E-state index contributed by atoms with van der Waals surface area (Å²) in [5, 5.41) is 9.82. The number of Topliss-reactive ketones (excluding diaryl/α,β-unsaturated/α-hetero) is 1. The maximum absolute atomic E-state index is 11.5. The molecule has 0 saturated heterocycles. The zero-order valence-corrected chi connectivity index (χ0v) is 10.6. The van der Waals surface area contributed by atoms with E-state index in [1.165, 1.54) is 0 Å². The summed E-state index contributed by atoms with van der Waals surface area (Å²) >= 11 is 0. The van der Waals surface area contributed by atoms with Crippen molar-refractivity contribution in [2.45, 2.75) is 51.0 Å². The number of benzene rings is 1. The predicted molar refractivity (Wildman–Crippen MR) is 68.1 cm³/mol. The Balaban J connectivity index is 2.00. The quantitative estimate of drug-likeness (QED) is 0.872. The number of rotatable bonds is 2. The lowest BCUT2D eigenvalue weighted by molar-refractivity contribution is -0.122. The number of fused-ring (bicyclic) bond motifs is 3. The van der Waals surface area contributed by atoms with Crippen LogP contribution in [-0.2, 0) is 11.2 Å². The number of phenols is 1. The van der Waals surface area contributed by atoms with Crippen LogP contribution in [-0.4, -0.2) is 17.0 Å². The highest BCUT2D eigenvalue weighted by atomic mass is 16.5. The first-order valence-electron chi connectivity index (χ1n) is 6.73. The van der Waals surface area contributed by atoms with Crippen LogP contribution < -0.4 is 4.74 Å². The van der Waals surface area contributed by atoms with E-state index in [0.29, 0.717) is 30.3 Å². The summed E-state index contributed by atoms with van der Waals surface area (Å²) in [5.41, 5.74) is 2.19. The summed E-state index contributed by atoms with van der Waals surface area (Å²) in [6.07, 6.45) is 3.94. The number of aromatic hydroxyl groups is 1. The molecular weight excluding hydrogens is 228 g/mol. The molecule has 1 aromatic carbocycles. The molecule has 1 aromatic rings. The van der Waals surface area contributed by atoms with Gasteiger partial charge in [0.2, 0.25) is 0 Å². The van der Waals surface area contributed by atoms with Crippen molar-refractivity contribution in [2.24, 2.45) is 0 Å². The summed E-state index contributed by atoms with van der Waals surface area (Å²) in [7, 11) is 0. The van der Waals surface area contributed by atoms with E-state index in [9.17, 15) is 9.90 Å². The molecule has 96 valence electrons. The maximum Gasteiger partial charge on any atom is 0.136 e. The molecule has 1 N–H and O–H groups in total. The number of ketones is 1. The van der Waals surface area contributed by atoms with E-state index in [1.807, 2.05) is 6.07 Å². The topological polar surface area (TPSA) is 46.5 Å². The summed E-state index contributed by atoms with van der Waals surface area (Å²) in [5.74, 6) is 1.84. The van der Waals surface area contributed by atoms with E-state index in [4.69, 9.17) is 4.74 Å². The molecule has 0 radical (unpaired) electrons. The summed E-state index contributed by atoms with van der Waals surface area (Å²) < 4.78 is 5.99. The number of ether oxygens (including phenoxy) is 1. The summed E-state index contributed by atoms with van der Waals surface area (Å²) in [4.78, 5) is 11.5. The molecule has 1 heterocycles. The first-order chi connectivity index (χ1) is 8.69. The van der Waals surface area contributed by atoms with Gasteiger partial charge >= 0.3 is 0 Å². The van der Waals surface area contributed by atoms with Crippen LogP contribution in [0.5, 0.6) is 11.5 Å². The Kier molecular flexibility index (Phi) is 2.77. The molecule has 3 heteroatoms. The number of phenolic OH excluding ortho intramolecular Hbond substituents is 1. The third kappa shape index (κ3) is 1.78. The van der Waals surface area contributed by atoms with Gasteiger partial charge in [0.1, 0.15) is 23.4 Å². The molecule has 1 saturated carbocycles. The average Bonchev–Trinajstić information content (AvgIpc) is 2.67. The Morgan fingerprint density at radius 2 is 2.28 bits per heavy atom. The van der Waals surface area contributed by atoms with Gasteiger partial charge in [-0.25, -0.2) is 0 Å². The van der Waals surface area contributed by atoms with Crippen LogP contribution in [0.15, 0.2) is 12.1 Å². The van der Waals surface area contributed by atoms with E-state index >= 15 is 0 Å². The highest BCUT2D eigenvalue weighted by molar-refractivity contribution is 5.80. The summed E-state index contributed by atoms with van der Waals surface area (Å²) in [6.45, 7) is 2.11. The number of hydrogen-bond donors (Lipinski definition) is 1. The van der Waals surface area contributed by atoms with Gasteiger partial charge in [0, 0.05) is 24.3 Å². The van der Waals surface area contributed by atoms with Crippen molar-refractivity contribution >= 4 is 5.78 Å². The molecule has 0 amide bonds. The monoisotopic (exact) mass is 246 g/mol. The molecule has 1 aliphatic carbocycles. The Labute approximate surface area is 107 Å². The van der Waals surface area contributed by atoms with Gasteiger partial charge in [0.15, 0.2) is 0 Å². The molecule has 0 aromatic heterocycles. The predicted octanol–water partition coefficient (Wildman–Crippen LogP) is 2.94. The van der Waals surface area contributed by atoms with Crippen LogP contribution in [0.4, 0.5) is 0 Å². The Morgan fingerprint density at radius 1 is 1.44 bits per heavy atom. The number of aryl methyl sites for hydroxylation is 1. The van der Waals surface area contributed by atoms with Crippen molar-refractivity contribution in [1.82, 2.24) is 0 Å². The molecular formula is C15H18O3. The van der Waals surface area contributed by atoms with Gasteiger partial charge in [-0.1, -0.05) is 13.3 Å². The third-order valence-electron chi connectivity index (χ3n) is 3.98. The van der Waals surface area contributed by atoms with Crippen LogP contribution in [0, 0.1) is 0 Å². The smallest absolute Gasteiger partial charge is 0.136 e. The lowest BCUT2D eigenvalue weighted by atomic mass is 9.82. The molecule has 1 fully saturated rings. The molecule has 0 bridgehead atoms. The second kappa shape index (κ2) is 4.30. The minimum Gasteiger partial charge on any atom is -0.508 e. The molecule has 3 rings (SSSR count). The molecule has 18 heavy (non-hydrogen) atoms. The Morgan fingerprint density at radius 3 is 3.06 bits per heavy atom. The van der Waals surface area contributed by atoms with Crippen molar-refractivity contribution < 1.29 is 14.6 Å². The van der Waals surface area contributed by atoms with Gasteiger partial charge in [-0.05, 0) is 30.5 Å². The van der Waals surface area contributed by atoms with Gasteiger partial charge in [-0.2, -0.15) is 0 Å². The molecule has 2 aliphatic rings. The van der Waals surface area contributed by atoms with Crippen LogP contribution in [0.1, 0.15) is 49.7 Å². The van der Waals surface area contributed by atoms with E-state index in [2.05, 4.69) is 6.92 Å². The largest absolute Gasteiger partial charge is 0.508 e. The van der Waals surface area contributed by atoms with Gasteiger partial charge in [-0.3, -0.25) is 4.79 Å². The van der Waals surface area contributed by atoms with Gasteiger partial charge < -0.3 is 9.84 Å². The van der Waals surface area contributed by atoms with Crippen LogP contribution in [0.2, 0.25) is 0 Å². The van der Waals surface area contributed by atoms with Crippen molar-refractivity contribution in [3.63, 3.8) is 0 Å². The zero-order valence-electron chi connectivity index (χ0n) is 10.6. The lowest BCUT2D eigenvalue weighted by Gasteiger charge is -2.22. The fourth-order valence-electron chi connectivity index (χ4n) is 3.17.